The topological polar surface area (TPSA) is 63.1 Å². The van der Waals surface area contributed by atoms with E-state index in [1.165, 1.54) is 18.0 Å². The lowest BCUT2D eigenvalue weighted by Gasteiger charge is -2.06. The van der Waals surface area contributed by atoms with Gasteiger partial charge >= 0.3 is 5.97 Å². The summed E-state index contributed by atoms with van der Waals surface area (Å²) in [5, 5.41) is 12.5. The first kappa shape index (κ1) is 14.0. The van der Waals surface area contributed by atoms with Gasteiger partial charge in [0.25, 0.3) is 0 Å². The second-order valence-corrected chi connectivity index (χ2v) is 6.11. The summed E-state index contributed by atoms with van der Waals surface area (Å²) in [5.41, 5.74) is 0.174. The highest BCUT2D eigenvalue weighted by Gasteiger charge is 2.08. The number of hydrogen-bond donors (Lipinski definition) is 1. The molecule has 21 heavy (non-hydrogen) atoms. The van der Waals surface area contributed by atoms with Crippen molar-refractivity contribution >= 4 is 44.4 Å². The fraction of sp³-hybridized carbons (Fsp3) is 0. The minimum atomic E-state index is -0.980. The van der Waals surface area contributed by atoms with Gasteiger partial charge in [0.1, 0.15) is 10.1 Å². The van der Waals surface area contributed by atoms with E-state index < -0.39 is 5.97 Å². The van der Waals surface area contributed by atoms with Crippen LogP contribution < -0.4 is 0 Å². The predicted octanol–water partition coefficient (Wildman–Crippen LogP) is 4.24. The number of carbonyl (C=O) groups is 1. The molecular formula is C15H9BrN2O2S. The Bertz CT molecular complexity index is 822. The third kappa shape index (κ3) is 2.91. The van der Waals surface area contributed by atoms with E-state index in [4.69, 9.17) is 5.11 Å². The van der Waals surface area contributed by atoms with Crippen LogP contribution in [0.4, 0.5) is 0 Å². The number of aromatic carboxylic acids is 1. The number of benzene rings is 1. The first-order valence-corrected chi connectivity index (χ1v) is 7.66. The lowest BCUT2D eigenvalue weighted by atomic mass is 10.2. The van der Waals surface area contributed by atoms with Crippen LogP contribution in [-0.4, -0.2) is 21.0 Å². The molecule has 104 valence electrons. The van der Waals surface area contributed by atoms with Gasteiger partial charge in [0.2, 0.25) is 0 Å². The van der Waals surface area contributed by atoms with E-state index >= 15 is 0 Å². The van der Waals surface area contributed by atoms with Crippen LogP contribution in [0.25, 0.3) is 10.8 Å². The van der Waals surface area contributed by atoms with E-state index in [-0.39, 0.29) is 5.56 Å². The van der Waals surface area contributed by atoms with Crippen molar-refractivity contribution in [2.24, 2.45) is 0 Å². The van der Waals surface area contributed by atoms with Crippen molar-refractivity contribution in [3.05, 3.63) is 58.8 Å². The molecule has 0 radical (unpaired) electrons. The van der Waals surface area contributed by atoms with Gasteiger partial charge < -0.3 is 5.11 Å². The van der Waals surface area contributed by atoms with Gasteiger partial charge in [0.15, 0.2) is 0 Å². The number of carboxylic acids is 1. The second-order valence-electron chi connectivity index (χ2n) is 4.24. The van der Waals surface area contributed by atoms with Gasteiger partial charge in [-0.1, -0.05) is 28.1 Å². The molecule has 0 fully saturated rings. The monoisotopic (exact) mass is 360 g/mol. The highest BCUT2D eigenvalue weighted by atomic mass is 79.9. The fourth-order valence-electron chi connectivity index (χ4n) is 1.89. The highest BCUT2D eigenvalue weighted by Crippen LogP contribution is 2.33. The molecule has 4 nitrogen and oxygen atoms in total. The van der Waals surface area contributed by atoms with Crippen LogP contribution in [0, 0.1) is 0 Å². The van der Waals surface area contributed by atoms with Crippen LogP contribution in [0.5, 0.6) is 0 Å². The molecule has 0 aliphatic heterocycles. The van der Waals surface area contributed by atoms with Gasteiger partial charge in [0.05, 0.1) is 5.56 Å². The molecule has 0 saturated heterocycles. The molecule has 0 aliphatic carbocycles. The molecule has 0 atom stereocenters. The van der Waals surface area contributed by atoms with Crippen LogP contribution in [0.15, 0.2) is 63.3 Å². The highest BCUT2D eigenvalue weighted by molar-refractivity contribution is 9.10. The largest absolute Gasteiger partial charge is 0.478 e. The summed E-state index contributed by atoms with van der Waals surface area (Å²) >= 11 is 4.93. The first-order valence-electron chi connectivity index (χ1n) is 6.05. The maximum atomic E-state index is 10.8. The van der Waals surface area contributed by atoms with Gasteiger partial charge in [-0.15, -0.1) is 0 Å². The minimum Gasteiger partial charge on any atom is -0.478 e. The van der Waals surface area contributed by atoms with E-state index in [1.807, 2.05) is 24.3 Å². The van der Waals surface area contributed by atoms with E-state index in [0.29, 0.717) is 5.03 Å². The van der Waals surface area contributed by atoms with Crippen LogP contribution in [0.1, 0.15) is 10.4 Å². The van der Waals surface area contributed by atoms with Gasteiger partial charge in [0, 0.05) is 27.6 Å². The van der Waals surface area contributed by atoms with Crippen LogP contribution in [-0.2, 0) is 0 Å². The Labute approximate surface area is 133 Å². The van der Waals surface area contributed by atoms with Crippen molar-refractivity contribution in [2.75, 3.05) is 0 Å². The molecule has 0 saturated carbocycles. The number of halogens is 1. The summed E-state index contributed by atoms with van der Waals surface area (Å²) in [5.74, 6) is -0.980. The van der Waals surface area contributed by atoms with E-state index in [0.717, 1.165) is 20.3 Å². The molecule has 3 rings (SSSR count). The van der Waals surface area contributed by atoms with Gasteiger partial charge in [-0.3, -0.25) is 0 Å². The molecule has 2 aromatic heterocycles. The number of nitrogens with zero attached hydrogens (tertiary/aromatic N) is 2. The van der Waals surface area contributed by atoms with Crippen molar-refractivity contribution in [2.45, 2.75) is 10.1 Å². The lowest BCUT2D eigenvalue weighted by Crippen LogP contribution is -1.96. The Morgan fingerprint density at radius 2 is 1.95 bits per heavy atom. The second kappa shape index (κ2) is 5.83. The molecule has 0 spiro atoms. The van der Waals surface area contributed by atoms with E-state index in [1.54, 1.807) is 18.3 Å². The molecular weight excluding hydrogens is 352 g/mol. The molecule has 0 unspecified atom stereocenters. The normalized spacial score (nSPS) is 10.7. The number of hydrogen-bond acceptors (Lipinski definition) is 4. The van der Waals surface area contributed by atoms with E-state index in [9.17, 15) is 4.79 Å². The Morgan fingerprint density at radius 3 is 2.67 bits per heavy atom. The average Bonchev–Trinajstić information content (AvgIpc) is 2.49. The number of fused-ring (bicyclic) bond motifs is 1. The number of carboxylic acid groups (broad SMARTS) is 1. The summed E-state index contributed by atoms with van der Waals surface area (Å²) < 4.78 is 1.01. The standard InChI is InChI=1S/C15H9BrN2O2S/c16-12-3-1-2-11-10(12)6-7-17-14(11)21-13-5-4-9(8-18-13)15(19)20/h1-8H,(H,19,20). The summed E-state index contributed by atoms with van der Waals surface area (Å²) in [6, 6.07) is 11.1. The number of aromatic nitrogens is 2. The van der Waals surface area contributed by atoms with Crippen LogP contribution >= 0.6 is 27.7 Å². The fourth-order valence-corrected chi connectivity index (χ4v) is 3.23. The third-order valence-electron chi connectivity index (χ3n) is 2.90. The van der Waals surface area contributed by atoms with Crippen molar-refractivity contribution in [3.63, 3.8) is 0 Å². The molecule has 3 aromatic rings. The van der Waals surface area contributed by atoms with Gasteiger partial charge in [-0.2, -0.15) is 0 Å². The third-order valence-corrected chi connectivity index (χ3v) is 4.56. The van der Waals surface area contributed by atoms with E-state index in [2.05, 4.69) is 25.9 Å². The van der Waals surface area contributed by atoms with Crippen LogP contribution in [0.3, 0.4) is 0 Å². The molecule has 0 amide bonds. The van der Waals surface area contributed by atoms with Crippen molar-refractivity contribution in [1.29, 1.82) is 0 Å². The summed E-state index contributed by atoms with van der Waals surface area (Å²) in [6.07, 6.45) is 3.10. The maximum absolute atomic E-state index is 10.8. The smallest absolute Gasteiger partial charge is 0.337 e. The summed E-state index contributed by atoms with van der Waals surface area (Å²) in [4.78, 5) is 19.4. The Kier molecular flexibility index (Phi) is 3.90. The molecule has 1 aromatic carbocycles. The van der Waals surface area contributed by atoms with Crippen LogP contribution in [0.2, 0.25) is 0 Å². The Morgan fingerprint density at radius 1 is 1.10 bits per heavy atom. The summed E-state index contributed by atoms with van der Waals surface area (Å²) in [7, 11) is 0. The summed E-state index contributed by atoms with van der Waals surface area (Å²) in [6.45, 7) is 0. The molecule has 6 heteroatoms. The molecule has 1 N–H and O–H groups in total. The van der Waals surface area contributed by atoms with Crippen molar-refractivity contribution in [1.82, 2.24) is 9.97 Å². The molecule has 2 heterocycles. The zero-order chi connectivity index (χ0) is 14.8. The average molecular weight is 361 g/mol. The zero-order valence-corrected chi connectivity index (χ0v) is 13.1. The predicted molar refractivity (Wildman–Crippen MR) is 84.8 cm³/mol. The number of pyridine rings is 2. The van der Waals surface area contributed by atoms with Gasteiger partial charge in [-0.25, -0.2) is 14.8 Å². The zero-order valence-electron chi connectivity index (χ0n) is 10.7. The number of rotatable bonds is 3. The molecule has 0 aliphatic rings. The Hall–Kier alpha value is -1.92. The Balaban J connectivity index is 1.98. The van der Waals surface area contributed by atoms with Crippen molar-refractivity contribution < 1.29 is 9.90 Å². The minimum absolute atomic E-state index is 0.174. The SMILES string of the molecule is O=C(O)c1ccc(Sc2nccc3c(Br)cccc23)nc1. The molecule has 0 bridgehead atoms. The first-order chi connectivity index (χ1) is 10.1. The van der Waals surface area contributed by atoms with Crippen molar-refractivity contribution in [3.8, 4) is 0 Å². The quantitative estimate of drug-likeness (QED) is 0.756. The lowest BCUT2D eigenvalue weighted by molar-refractivity contribution is 0.0696. The van der Waals surface area contributed by atoms with Gasteiger partial charge in [-0.05, 0) is 36.0 Å². The maximum Gasteiger partial charge on any atom is 0.337 e.